The maximum absolute atomic E-state index is 13.4. The molecule has 0 saturated carbocycles. The number of fused-ring (bicyclic) bond motifs is 1. The molecule has 0 radical (unpaired) electrons. The van der Waals surface area contributed by atoms with Crippen LogP contribution in [0.25, 0.3) is 11.0 Å². The van der Waals surface area contributed by atoms with Crippen molar-refractivity contribution in [1.82, 2.24) is 14.9 Å². The highest BCUT2D eigenvalue weighted by atomic mass is 19.1. The normalized spacial score (nSPS) is 13.1. The smallest absolute Gasteiger partial charge is 0.127 e. The summed E-state index contributed by atoms with van der Waals surface area (Å²) in [5.41, 5.74) is 1.76. The van der Waals surface area contributed by atoms with Crippen molar-refractivity contribution in [2.24, 2.45) is 0 Å². The summed E-state index contributed by atoms with van der Waals surface area (Å²) in [6, 6.07) is 5.01. The van der Waals surface area contributed by atoms with Crippen LogP contribution in [0.5, 0.6) is 0 Å². The Labute approximate surface area is 107 Å². The Balaban J connectivity index is 2.60. The number of halogens is 1. The molecule has 0 spiro atoms. The molecule has 1 heterocycles. The zero-order valence-electron chi connectivity index (χ0n) is 11.2. The second-order valence-electron chi connectivity index (χ2n) is 4.50. The van der Waals surface area contributed by atoms with Crippen LogP contribution in [-0.4, -0.2) is 16.6 Å². The number of imidazole rings is 1. The van der Waals surface area contributed by atoms with Gasteiger partial charge in [-0.2, -0.15) is 0 Å². The Morgan fingerprint density at radius 1 is 1.39 bits per heavy atom. The highest BCUT2D eigenvalue weighted by molar-refractivity contribution is 5.76. The van der Waals surface area contributed by atoms with Crippen molar-refractivity contribution in [1.29, 1.82) is 0 Å². The second kappa shape index (κ2) is 5.48. The summed E-state index contributed by atoms with van der Waals surface area (Å²) in [4.78, 5) is 4.65. The van der Waals surface area contributed by atoms with Crippen molar-refractivity contribution in [3.8, 4) is 0 Å². The molecule has 1 atom stereocenters. The van der Waals surface area contributed by atoms with Crippen molar-refractivity contribution in [3.63, 3.8) is 0 Å². The molecule has 2 rings (SSSR count). The first kappa shape index (κ1) is 13.0. The van der Waals surface area contributed by atoms with Gasteiger partial charge in [0.25, 0.3) is 0 Å². The third-order valence-electron chi connectivity index (χ3n) is 3.26. The number of nitrogens with one attached hydrogen (secondary N) is 1. The molecule has 0 aliphatic rings. The first-order valence-corrected chi connectivity index (χ1v) is 6.54. The molecule has 1 N–H and O–H groups in total. The molecule has 1 unspecified atom stereocenters. The molecule has 0 bridgehead atoms. The minimum absolute atomic E-state index is 0.205. The first-order chi connectivity index (χ1) is 8.71. The molecule has 0 saturated heterocycles. The van der Waals surface area contributed by atoms with Gasteiger partial charge in [0.05, 0.1) is 17.1 Å². The number of hydrogen-bond acceptors (Lipinski definition) is 2. The molecule has 0 aliphatic heterocycles. The Bertz CT molecular complexity index is 529. The lowest BCUT2D eigenvalue weighted by molar-refractivity contribution is 0.508. The SMILES string of the molecule is CCCn1c(C(CC)NC)nc2ccc(F)cc21. The number of benzene rings is 1. The van der Waals surface area contributed by atoms with Crippen LogP contribution in [-0.2, 0) is 6.54 Å². The van der Waals surface area contributed by atoms with Gasteiger partial charge in [0.1, 0.15) is 11.6 Å². The van der Waals surface area contributed by atoms with Crippen LogP contribution in [0.2, 0.25) is 0 Å². The zero-order chi connectivity index (χ0) is 13.1. The van der Waals surface area contributed by atoms with Crippen molar-refractivity contribution in [3.05, 3.63) is 29.8 Å². The maximum Gasteiger partial charge on any atom is 0.127 e. The van der Waals surface area contributed by atoms with Crippen molar-refractivity contribution >= 4 is 11.0 Å². The number of rotatable bonds is 5. The van der Waals surface area contributed by atoms with Crippen LogP contribution in [0.3, 0.4) is 0 Å². The van der Waals surface area contributed by atoms with Gasteiger partial charge in [0, 0.05) is 6.54 Å². The predicted octanol–water partition coefficient (Wildman–Crippen LogP) is 3.26. The summed E-state index contributed by atoms with van der Waals surface area (Å²) in [7, 11) is 1.93. The second-order valence-corrected chi connectivity index (χ2v) is 4.50. The molecule has 98 valence electrons. The Kier molecular flexibility index (Phi) is 3.97. The lowest BCUT2D eigenvalue weighted by Gasteiger charge is -2.15. The standard InChI is InChI=1S/C14H20FN3/c1-4-8-18-13-9-10(15)6-7-12(13)17-14(18)11(5-2)16-3/h6-7,9,11,16H,4-5,8H2,1-3H3. The van der Waals surface area contributed by atoms with Crippen LogP contribution in [0.4, 0.5) is 4.39 Å². The fraction of sp³-hybridized carbons (Fsp3) is 0.500. The summed E-state index contributed by atoms with van der Waals surface area (Å²) in [5, 5.41) is 3.27. The molecule has 4 heteroatoms. The summed E-state index contributed by atoms with van der Waals surface area (Å²) in [6.07, 6.45) is 1.97. The Hall–Kier alpha value is -1.42. The molecule has 2 aromatic rings. The quantitative estimate of drug-likeness (QED) is 0.881. The third-order valence-corrected chi connectivity index (χ3v) is 3.26. The Morgan fingerprint density at radius 3 is 2.78 bits per heavy atom. The molecule has 3 nitrogen and oxygen atoms in total. The summed E-state index contributed by atoms with van der Waals surface area (Å²) >= 11 is 0. The van der Waals surface area contributed by atoms with E-state index in [-0.39, 0.29) is 11.9 Å². The average molecular weight is 249 g/mol. The summed E-state index contributed by atoms with van der Waals surface area (Å²) in [6.45, 7) is 5.11. The van der Waals surface area contributed by atoms with Crippen LogP contribution >= 0.6 is 0 Å². The van der Waals surface area contributed by atoms with Crippen LogP contribution in [0.1, 0.15) is 38.6 Å². The van der Waals surface area contributed by atoms with Gasteiger partial charge in [-0.3, -0.25) is 0 Å². The molecule has 0 fully saturated rings. The fourth-order valence-electron chi connectivity index (χ4n) is 2.35. The lowest BCUT2D eigenvalue weighted by Crippen LogP contribution is -2.20. The number of nitrogens with zero attached hydrogens (tertiary/aromatic N) is 2. The van der Waals surface area contributed by atoms with Gasteiger partial charge >= 0.3 is 0 Å². The topological polar surface area (TPSA) is 29.9 Å². The number of hydrogen-bond donors (Lipinski definition) is 1. The highest BCUT2D eigenvalue weighted by Crippen LogP contribution is 2.23. The van der Waals surface area contributed by atoms with E-state index in [1.165, 1.54) is 6.07 Å². The van der Waals surface area contributed by atoms with E-state index in [0.29, 0.717) is 0 Å². The monoisotopic (exact) mass is 249 g/mol. The molecule has 1 aromatic carbocycles. The minimum Gasteiger partial charge on any atom is -0.327 e. The number of aromatic nitrogens is 2. The number of aryl methyl sites for hydroxylation is 1. The van der Waals surface area contributed by atoms with Gasteiger partial charge in [-0.05, 0) is 38.1 Å². The zero-order valence-corrected chi connectivity index (χ0v) is 11.2. The van der Waals surface area contributed by atoms with E-state index < -0.39 is 0 Å². The van der Waals surface area contributed by atoms with Crippen LogP contribution in [0.15, 0.2) is 18.2 Å². The highest BCUT2D eigenvalue weighted by Gasteiger charge is 2.17. The van der Waals surface area contributed by atoms with Crippen molar-refractivity contribution in [2.75, 3.05) is 7.05 Å². The molecule has 1 aromatic heterocycles. The molecule has 18 heavy (non-hydrogen) atoms. The van der Waals surface area contributed by atoms with E-state index in [2.05, 4.69) is 28.7 Å². The summed E-state index contributed by atoms with van der Waals surface area (Å²) < 4.78 is 15.5. The van der Waals surface area contributed by atoms with E-state index in [0.717, 1.165) is 36.2 Å². The molecular weight excluding hydrogens is 229 g/mol. The fourth-order valence-corrected chi connectivity index (χ4v) is 2.35. The van der Waals surface area contributed by atoms with E-state index in [4.69, 9.17) is 0 Å². The molecular formula is C14H20FN3. The first-order valence-electron chi connectivity index (χ1n) is 6.54. The predicted molar refractivity (Wildman–Crippen MR) is 72.1 cm³/mol. The summed E-state index contributed by atoms with van der Waals surface area (Å²) in [5.74, 6) is 0.797. The van der Waals surface area contributed by atoms with Crippen molar-refractivity contribution < 1.29 is 4.39 Å². The molecule has 0 aliphatic carbocycles. The van der Waals surface area contributed by atoms with E-state index >= 15 is 0 Å². The third kappa shape index (κ3) is 2.25. The minimum atomic E-state index is -0.205. The van der Waals surface area contributed by atoms with Crippen LogP contribution in [0, 0.1) is 5.82 Å². The van der Waals surface area contributed by atoms with Crippen LogP contribution < -0.4 is 5.32 Å². The van der Waals surface area contributed by atoms with Gasteiger partial charge in [-0.1, -0.05) is 13.8 Å². The van der Waals surface area contributed by atoms with Gasteiger partial charge in [-0.15, -0.1) is 0 Å². The maximum atomic E-state index is 13.4. The van der Waals surface area contributed by atoms with Gasteiger partial charge in [0.15, 0.2) is 0 Å². The Morgan fingerprint density at radius 2 is 2.17 bits per heavy atom. The van der Waals surface area contributed by atoms with Gasteiger partial charge in [0.2, 0.25) is 0 Å². The van der Waals surface area contributed by atoms with E-state index in [9.17, 15) is 4.39 Å². The van der Waals surface area contributed by atoms with Crippen molar-refractivity contribution in [2.45, 2.75) is 39.3 Å². The van der Waals surface area contributed by atoms with E-state index in [1.807, 2.05) is 7.05 Å². The van der Waals surface area contributed by atoms with E-state index in [1.54, 1.807) is 12.1 Å². The lowest BCUT2D eigenvalue weighted by atomic mass is 10.2. The largest absolute Gasteiger partial charge is 0.327 e. The van der Waals surface area contributed by atoms with Gasteiger partial charge in [-0.25, -0.2) is 9.37 Å². The average Bonchev–Trinajstić information content (AvgIpc) is 2.70. The van der Waals surface area contributed by atoms with Gasteiger partial charge < -0.3 is 9.88 Å². The molecule has 0 amide bonds.